The second kappa shape index (κ2) is 8.41. The van der Waals surface area contributed by atoms with Gasteiger partial charge < -0.3 is 10.6 Å². The van der Waals surface area contributed by atoms with E-state index < -0.39 is 10.8 Å². The molecule has 2 N–H and O–H groups in total. The number of nitrogens with one attached hydrogen (secondary N) is 2. The summed E-state index contributed by atoms with van der Waals surface area (Å²) in [6.45, 7) is 1.25. The molecule has 1 aliphatic heterocycles. The van der Waals surface area contributed by atoms with E-state index in [1.165, 1.54) is 18.2 Å². The molecule has 3 amide bonds. The van der Waals surface area contributed by atoms with Crippen LogP contribution in [-0.4, -0.2) is 36.5 Å². The Labute approximate surface area is 165 Å². The Hall–Kier alpha value is -3.57. The number of hydrogen-bond donors (Lipinski definition) is 2. The average molecular weight is 399 g/mol. The molecule has 1 heterocycles. The molecule has 1 saturated heterocycles. The predicted octanol–water partition coefficient (Wildman–Crippen LogP) is 2.56. The van der Waals surface area contributed by atoms with E-state index in [2.05, 4.69) is 22.5 Å². The highest BCUT2D eigenvalue weighted by molar-refractivity contribution is 6.31. The van der Waals surface area contributed by atoms with Crippen molar-refractivity contribution in [2.75, 3.05) is 24.5 Å². The Balaban J connectivity index is 1.61. The van der Waals surface area contributed by atoms with Crippen LogP contribution in [0.15, 0.2) is 42.5 Å². The van der Waals surface area contributed by atoms with Crippen molar-refractivity contribution in [1.82, 2.24) is 10.6 Å². The van der Waals surface area contributed by atoms with Crippen LogP contribution in [0, 0.1) is 22.0 Å². The average Bonchev–Trinajstić information content (AvgIpc) is 3.11. The van der Waals surface area contributed by atoms with Gasteiger partial charge in [-0.1, -0.05) is 23.4 Å². The molecule has 0 saturated carbocycles. The topological polar surface area (TPSA) is 105 Å². The minimum atomic E-state index is -0.640. The van der Waals surface area contributed by atoms with Crippen LogP contribution in [0.3, 0.4) is 0 Å². The summed E-state index contributed by atoms with van der Waals surface area (Å²) >= 11 is 5.82. The monoisotopic (exact) mass is 398 g/mol. The van der Waals surface area contributed by atoms with Gasteiger partial charge in [-0.3, -0.25) is 19.8 Å². The molecular weight excluding hydrogens is 384 g/mol. The summed E-state index contributed by atoms with van der Waals surface area (Å²) in [6, 6.07) is 10.8. The van der Waals surface area contributed by atoms with Gasteiger partial charge >= 0.3 is 6.03 Å². The molecule has 2 aromatic carbocycles. The number of carbonyl (C=O) groups excluding carboxylic acids is 2. The maximum Gasteiger partial charge on any atom is 0.321 e. The van der Waals surface area contributed by atoms with E-state index in [0.29, 0.717) is 18.7 Å². The summed E-state index contributed by atoms with van der Waals surface area (Å²) in [5.41, 5.74) is 1.05. The number of nitrogens with zero attached hydrogens (tertiary/aromatic N) is 2. The highest BCUT2D eigenvalue weighted by Gasteiger charge is 2.21. The Morgan fingerprint density at radius 1 is 1.29 bits per heavy atom. The van der Waals surface area contributed by atoms with Gasteiger partial charge in [-0.15, -0.1) is 0 Å². The van der Waals surface area contributed by atoms with Gasteiger partial charge in [0, 0.05) is 35.4 Å². The molecule has 142 valence electrons. The zero-order valence-corrected chi connectivity index (χ0v) is 15.3. The quantitative estimate of drug-likeness (QED) is 0.469. The van der Waals surface area contributed by atoms with Crippen molar-refractivity contribution in [2.45, 2.75) is 0 Å². The maximum atomic E-state index is 12.2. The van der Waals surface area contributed by atoms with E-state index in [1.54, 1.807) is 29.2 Å². The van der Waals surface area contributed by atoms with E-state index in [1.807, 2.05) is 0 Å². The normalized spacial score (nSPS) is 12.8. The van der Waals surface area contributed by atoms with E-state index in [4.69, 9.17) is 11.6 Å². The first-order chi connectivity index (χ1) is 13.5. The number of halogens is 1. The standard InChI is InChI=1S/C19H15ClN4O4/c20-14-5-8-17(24(27)28)16(12-14)18(25)21-9-1-2-13-3-6-15(7-4-13)23-11-10-22-19(23)26/h3-8,12H,9-11H2,(H,21,25)(H,22,26). The lowest BCUT2D eigenvalue weighted by Gasteiger charge is -2.13. The van der Waals surface area contributed by atoms with Gasteiger partial charge in [-0.25, -0.2) is 4.79 Å². The number of nitro groups is 1. The van der Waals surface area contributed by atoms with Crippen molar-refractivity contribution < 1.29 is 14.5 Å². The number of amides is 3. The second-order valence-corrected chi connectivity index (χ2v) is 6.27. The van der Waals surface area contributed by atoms with Crippen molar-refractivity contribution in [1.29, 1.82) is 0 Å². The van der Waals surface area contributed by atoms with Crippen LogP contribution < -0.4 is 15.5 Å². The van der Waals surface area contributed by atoms with Crippen LogP contribution in [0.2, 0.25) is 5.02 Å². The van der Waals surface area contributed by atoms with Gasteiger partial charge in [-0.05, 0) is 36.4 Å². The fourth-order valence-corrected chi connectivity index (χ4v) is 2.83. The molecule has 0 unspecified atom stereocenters. The van der Waals surface area contributed by atoms with Crippen molar-refractivity contribution >= 4 is 34.9 Å². The fraction of sp³-hybridized carbons (Fsp3) is 0.158. The van der Waals surface area contributed by atoms with Crippen LogP contribution >= 0.6 is 11.6 Å². The highest BCUT2D eigenvalue weighted by atomic mass is 35.5. The molecule has 9 heteroatoms. The SMILES string of the molecule is O=C(NCC#Cc1ccc(N2CCNC2=O)cc1)c1cc(Cl)ccc1[N+](=O)[O-]. The first-order valence-electron chi connectivity index (χ1n) is 8.32. The summed E-state index contributed by atoms with van der Waals surface area (Å²) in [6.07, 6.45) is 0. The molecule has 8 nitrogen and oxygen atoms in total. The molecule has 1 aliphatic rings. The van der Waals surface area contributed by atoms with E-state index in [-0.39, 0.29) is 28.8 Å². The third-order valence-corrected chi connectivity index (χ3v) is 4.24. The van der Waals surface area contributed by atoms with Crippen LogP contribution in [0.1, 0.15) is 15.9 Å². The summed E-state index contributed by atoms with van der Waals surface area (Å²) in [5, 5.41) is 16.5. The number of benzene rings is 2. The minimum absolute atomic E-state index is 0.0127. The molecule has 0 atom stereocenters. The first kappa shape index (κ1) is 19.2. The van der Waals surface area contributed by atoms with Gasteiger partial charge in [0.05, 0.1) is 11.5 Å². The second-order valence-electron chi connectivity index (χ2n) is 5.83. The number of rotatable bonds is 4. The van der Waals surface area contributed by atoms with E-state index in [9.17, 15) is 19.7 Å². The molecule has 2 aromatic rings. The van der Waals surface area contributed by atoms with Crippen molar-refractivity contribution in [3.63, 3.8) is 0 Å². The summed E-state index contributed by atoms with van der Waals surface area (Å²) in [5.74, 6) is 5.05. The summed E-state index contributed by atoms with van der Waals surface area (Å²) in [4.78, 5) is 35.8. The lowest BCUT2D eigenvalue weighted by atomic mass is 10.1. The van der Waals surface area contributed by atoms with Crippen LogP contribution in [0.25, 0.3) is 0 Å². The van der Waals surface area contributed by atoms with Crippen molar-refractivity contribution in [2.24, 2.45) is 0 Å². The Morgan fingerprint density at radius 2 is 2.04 bits per heavy atom. The van der Waals surface area contributed by atoms with Crippen LogP contribution in [0.5, 0.6) is 0 Å². The molecule has 1 fully saturated rings. The molecule has 0 aromatic heterocycles. The zero-order valence-electron chi connectivity index (χ0n) is 14.6. The minimum Gasteiger partial charge on any atom is -0.341 e. The lowest BCUT2D eigenvalue weighted by Crippen LogP contribution is -2.27. The smallest absolute Gasteiger partial charge is 0.321 e. The summed E-state index contributed by atoms with van der Waals surface area (Å²) < 4.78 is 0. The molecule has 0 bridgehead atoms. The molecule has 3 rings (SSSR count). The third-order valence-electron chi connectivity index (χ3n) is 4.01. The van der Waals surface area contributed by atoms with Crippen LogP contribution in [0.4, 0.5) is 16.2 Å². The fourth-order valence-electron chi connectivity index (χ4n) is 2.66. The van der Waals surface area contributed by atoms with Gasteiger partial charge in [0.15, 0.2) is 0 Å². The number of hydrogen-bond acceptors (Lipinski definition) is 4. The Bertz CT molecular complexity index is 995. The number of nitro benzene ring substituents is 1. The molecule has 0 spiro atoms. The van der Waals surface area contributed by atoms with Gasteiger partial charge in [-0.2, -0.15) is 0 Å². The van der Waals surface area contributed by atoms with E-state index in [0.717, 1.165) is 5.69 Å². The third kappa shape index (κ3) is 4.39. The lowest BCUT2D eigenvalue weighted by molar-refractivity contribution is -0.385. The first-order valence-corrected chi connectivity index (χ1v) is 8.70. The van der Waals surface area contributed by atoms with Crippen molar-refractivity contribution in [3.05, 3.63) is 68.7 Å². The van der Waals surface area contributed by atoms with E-state index >= 15 is 0 Å². The Kier molecular flexibility index (Phi) is 5.77. The molecule has 0 aliphatic carbocycles. The molecule has 0 radical (unpaired) electrons. The van der Waals surface area contributed by atoms with Crippen molar-refractivity contribution in [3.8, 4) is 11.8 Å². The zero-order chi connectivity index (χ0) is 20.1. The number of carbonyl (C=O) groups is 2. The van der Waals surface area contributed by atoms with Gasteiger partial charge in [0.25, 0.3) is 11.6 Å². The molecule has 28 heavy (non-hydrogen) atoms. The predicted molar refractivity (Wildman–Crippen MR) is 105 cm³/mol. The summed E-state index contributed by atoms with van der Waals surface area (Å²) in [7, 11) is 0. The number of anilines is 1. The molecular formula is C19H15ClN4O4. The van der Waals surface area contributed by atoms with Gasteiger partial charge in [0.1, 0.15) is 5.56 Å². The van der Waals surface area contributed by atoms with Gasteiger partial charge in [0.2, 0.25) is 0 Å². The Morgan fingerprint density at radius 3 is 2.68 bits per heavy atom. The van der Waals surface area contributed by atoms with Crippen LogP contribution in [-0.2, 0) is 0 Å². The maximum absolute atomic E-state index is 12.2. The highest BCUT2D eigenvalue weighted by Crippen LogP contribution is 2.22. The number of urea groups is 1. The largest absolute Gasteiger partial charge is 0.341 e.